The lowest BCUT2D eigenvalue weighted by Gasteiger charge is -2.32. The fourth-order valence-corrected chi connectivity index (χ4v) is 4.61. The van der Waals surface area contributed by atoms with Crippen molar-refractivity contribution in [2.75, 3.05) is 24.2 Å². The van der Waals surface area contributed by atoms with Crippen molar-refractivity contribution in [2.24, 2.45) is 0 Å². The Bertz CT molecular complexity index is 1160. The van der Waals surface area contributed by atoms with Gasteiger partial charge in [0.05, 0.1) is 24.1 Å². The van der Waals surface area contributed by atoms with Gasteiger partial charge in [0.25, 0.3) is 0 Å². The number of carbonyl (C=O) groups excluding carboxylic acids is 2. The molecule has 0 saturated carbocycles. The van der Waals surface area contributed by atoms with Crippen LogP contribution in [0.4, 0.5) is 5.69 Å². The Kier molecular flexibility index (Phi) is 10.2. The van der Waals surface area contributed by atoms with Crippen molar-refractivity contribution in [2.45, 2.75) is 45.8 Å². The molecule has 2 amide bonds. The van der Waals surface area contributed by atoms with Crippen LogP contribution in [0, 0.1) is 0 Å². The molecule has 11 heteroatoms. The second-order valence-electron chi connectivity index (χ2n) is 8.23. The topological polar surface area (TPSA) is 96.0 Å². The number of halogens is 2. The van der Waals surface area contributed by atoms with E-state index in [9.17, 15) is 18.0 Å². The first kappa shape index (κ1) is 28.7. The highest BCUT2D eigenvalue weighted by Crippen LogP contribution is 2.30. The number of carbonyl (C=O) groups is 2. The van der Waals surface area contributed by atoms with E-state index < -0.39 is 28.5 Å². The maximum absolute atomic E-state index is 13.5. The summed E-state index contributed by atoms with van der Waals surface area (Å²) in [5.41, 5.74) is 0.901. The first-order valence-corrected chi connectivity index (χ1v) is 13.6. The molecule has 0 bridgehead atoms. The lowest BCUT2D eigenvalue weighted by Crippen LogP contribution is -2.52. The van der Waals surface area contributed by atoms with Crippen LogP contribution in [0.1, 0.15) is 32.8 Å². The van der Waals surface area contributed by atoms with Gasteiger partial charge < -0.3 is 15.0 Å². The fourth-order valence-electron chi connectivity index (χ4n) is 3.30. The van der Waals surface area contributed by atoms with Gasteiger partial charge in [0, 0.05) is 17.6 Å². The maximum atomic E-state index is 13.5. The van der Waals surface area contributed by atoms with Gasteiger partial charge in [-0.1, -0.05) is 42.3 Å². The van der Waals surface area contributed by atoms with Crippen molar-refractivity contribution in [1.82, 2.24) is 10.2 Å². The van der Waals surface area contributed by atoms with E-state index >= 15 is 0 Å². The highest BCUT2D eigenvalue weighted by molar-refractivity contribution is 7.92. The van der Waals surface area contributed by atoms with Gasteiger partial charge in [0.2, 0.25) is 21.8 Å². The number of ether oxygens (including phenoxy) is 1. The monoisotopic (exact) mass is 543 g/mol. The summed E-state index contributed by atoms with van der Waals surface area (Å²) in [5.74, 6) is -0.532. The molecule has 0 saturated heterocycles. The first-order chi connectivity index (χ1) is 16.4. The zero-order valence-corrected chi connectivity index (χ0v) is 22.7. The van der Waals surface area contributed by atoms with E-state index in [2.05, 4.69) is 5.32 Å². The summed E-state index contributed by atoms with van der Waals surface area (Å²) in [5, 5.41) is 3.56. The molecule has 2 atom stereocenters. The quantitative estimate of drug-likeness (QED) is 0.460. The molecule has 2 rings (SSSR count). The van der Waals surface area contributed by atoms with Crippen molar-refractivity contribution >= 4 is 50.7 Å². The van der Waals surface area contributed by atoms with Crippen LogP contribution in [-0.2, 0) is 26.2 Å². The van der Waals surface area contributed by atoms with Crippen molar-refractivity contribution in [3.8, 4) is 5.75 Å². The SMILES string of the molecule is CC[C@@H](C)NC(=O)[C@@H](C)N(Cc1cccc(Cl)c1)C(=O)CN(c1ccc(OC)c(Cl)c1)S(C)(=O)=O. The average molecular weight is 545 g/mol. The van der Waals surface area contributed by atoms with Crippen LogP contribution < -0.4 is 14.4 Å². The minimum Gasteiger partial charge on any atom is -0.495 e. The van der Waals surface area contributed by atoms with Crippen molar-refractivity contribution in [1.29, 1.82) is 0 Å². The predicted octanol–water partition coefficient (Wildman–Crippen LogP) is 4.10. The summed E-state index contributed by atoms with van der Waals surface area (Å²) in [7, 11) is -2.42. The largest absolute Gasteiger partial charge is 0.495 e. The highest BCUT2D eigenvalue weighted by atomic mass is 35.5. The zero-order chi connectivity index (χ0) is 26.3. The second-order valence-corrected chi connectivity index (χ2v) is 11.0. The Hall–Kier alpha value is -2.49. The van der Waals surface area contributed by atoms with E-state index in [4.69, 9.17) is 27.9 Å². The van der Waals surface area contributed by atoms with Crippen LogP contribution in [0.15, 0.2) is 42.5 Å². The van der Waals surface area contributed by atoms with Crippen molar-refractivity contribution in [3.63, 3.8) is 0 Å². The molecule has 0 aliphatic rings. The van der Waals surface area contributed by atoms with Gasteiger partial charge in [-0.05, 0) is 56.2 Å². The van der Waals surface area contributed by atoms with Crippen LogP contribution in [0.25, 0.3) is 0 Å². The molecule has 0 spiro atoms. The summed E-state index contributed by atoms with van der Waals surface area (Å²) < 4.78 is 31.3. The molecule has 0 radical (unpaired) electrons. The number of nitrogens with zero attached hydrogens (tertiary/aromatic N) is 2. The van der Waals surface area contributed by atoms with E-state index in [1.165, 1.54) is 30.2 Å². The van der Waals surface area contributed by atoms with Gasteiger partial charge in [-0.3, -0.25) is 13.9 Å². The first-order valence-electron chi connectivity index (χ1n) is 11.0. The van der Waals surface area contributed by atoms with E-state index in [1.54, 1.807) is 31.2 Å². The molecule has 2 aromatic rings. The molecular weight excluding hydrogens is 513 g/mol. The van der Waals surface area contributed by atoms with Crippen LogP contribution in [0.3, 0.4) is 0 Å². The molecule has 0 aliphatic carbocycles. The summed E-state index contributed by atoms with van der Waals surface area (Å²) in [4.78, 5) is 27.8. The maximum Gasteiger partial charge on any atom is 0.244 e. The molecule has 35 heavy (non-hydrogen) atoms. The van der Waals surface area contributed by atoms with Gasteiger partial charge >= 0.3 is 0 Å². The van der Waals surface area contributed by atoms with E-state index in [-0.39, 0.29) is 29.2 Å². The Labute approximate surface area is 217 Å². The smallest absolute Gasteiger partial charge is 0.244 e. The number of amides is 2. The van der Waals surface area contributed by atoms with Gasteiger partial charge in [0.1, 0.15) is 18.3 Å². The van der Waals surface area contributed by atoms with Gasteiger partial charge in [-0.2, -0.15) is 0 Å². The number of rotatable bonds is 11. The minimum absolute atomic E-state index is 0.0649. The molecular formula is C24H31Cl2N3O5S. The molecule has 0 unspecified atom stereocenters. The van der Waals surface area contributed by atoms with Crippen LogP contribution in [0.5, 0.6) is 5.75 Å². The lowest BCUT2D eigenvalue weighted by atomic mass is 10.1. The van der Waals surface area contributed by atoms with Gasteiger partial charge in [-0.15, -0.1) is 0 Å². The summed E-state index contributed by atoms with van der Waals surface area (Å²) >= 11 is 12.3. The molecule has 0 fully saturated rings. The fraction of sp³-hybridized carbons (Fsp3) is 0.417. The predicted molar refractivity (Wildman–Crippen MR) is 140 cm³/mol. The standard InChI is InChI=1S/C24H31Cl2N3O5S/c1-6-16(2)27-24(31)17(3)28(14-18-8-7-9-19(25)12-18)23(30)15-29(35(5,32)33)20-10-11-22(34-4)21(26)13-20/h7-13,16-17H,6,14-15H2,1-5H3,(H,27,31)/t16-,17-/m1/s1. The third-order valence-electron chi connectivity index (χ3n) is 5.51. The Balaban J connectivity index is 2.41. The molecule has 192 valence electrons. The average Bonchev–Trinajstić information content (AvgIpc) is 2.79. The summed E-state index contributed by atoms with van der Waals surface area (Å²) in [6, 6.07) is 10.4. The van der Waals surface area contributed by atoms with Crippen molar-refractivity contribution in [3.05, 3.63) is 58.1 Å². The number of methoxy groups -OCH3 is 1. The normalized spacial score (nSPS) is 13.0. The second kappa shape index (κ2) is 12.5. The van der Waals surface area contributed by atoms with Gasteiger partial charge in [0.15, 0.2) is 0 Å². The van der Waals surface area contributed by atoms with Crippen LogP contribution >= 0.6 is 23.2 Å². The number of hydrogen-bond acceptors (Lipinski definition) is 5. The van der Waals surface area contributed by atoms with E-state index in [0.29, 0.717) is 16.3 Å². The van der Waals surface area contributed by atoms with Gasteiger partial charge in [-0.25, -0.2) is 8.42 Å². The molecule has 0 aliphatic heterocycles. The van der Waals surface area contributed by atoms with E-state index in [0.717, 1.165) is 17.0 Å². The molecule has 2 aromatic carbocycles. The third-order valence-corrected chi connectivity index (χ3v) is 7.18. The van der Waals surface area contributed by atoms with E-state index in [1.807, 2.05) is 13.8 Å². The zero-order valence-electron chi connectivity index (χ0n) is 20.4. The Morgan fingerprint density at radius 2 is 1.80 bits per heavy atom. The number of sulfonamides is 1. The highest BCUT2D eigenvalue weighted by Gasteiger charge is 2.30. The third kappa shape index (κ3) is 8.02. The molecule has 1 N–H and O–H groups in total. The lowest BCUT2D eigenvalue weighted by molar-refractivity contribution is -0.139. The number of benzene rings is 2. The molecule has 0 heterocycles. The number of nitrogens with one attached hydrogen (secondary N) is 1. The molecule has 0 aromatic heterocycles. The Morgan fingerprint density at radius 3 is 2.34 bits per heavy atom. The van der Waals surface area contributed by atoms with Crippen LogP contribution in [0.2, 0.25) is 10.0 Å². The number of hydrogen-bond donors (Lipinski definition) is 1. The van der Waals surface area contributed by atoms with Crippen LogP contribution in [-0.4, -0.2) is 57.1 Å². The van der Waals surface area contributed by atoms with Crippen molar-refractivity contribution < 1.29 is 22.7 Å². The summed E-state index contributed by atoms with van der Waals surface area (Å²) in [6.07, 6.45) is 1.72. The Morgan fingerprint density at radius 1 is 1.11 bits per heavy atom. The summed E-state index contributed by atoms with van der Waals surface area (Å²) in [6.45, 7) is 4.95. The number of anilines is 1. The minimum atomic E-state index is -3.87. The molecule has 8 nitrogen and oxygen atoms in total.